The highest BCUT2D eigenvalue weighted by atomic mass is 32.2. The Morgan fingerprint density at radius 2 is 2.19 bits per heavy atom. The first kappa shape index (κ1) is 10.7. The Bertz CT molecular complexity index is 502. The van der Waals surface area contributed by atoms with Gasteiger partial charge in [0.05, 0.1) is 11.1 Å². The number of nitrogen functional groups attached to an aromatic ring is 1. The first-order valence-corrected chi connectivity index (χ1v) is 5.44. The lowest BCUT2D eigenvalue weighted by Crippen LogP contribution is -2.12. The van der Waals surface area contributed by atoms with E-state index >= 15 is 0 Å². The van der Waals surface area contributed by atoms with E-state index < -0.39 is 0 Å². The molecule has 2 rings (SSSR count). The summed E-state index contributed by atoms with van der Waals surface area (Å²) in [7, 11) is 1.88. The van der Waals surface area contributed by atoms with Crippen LogP contribution in [-0.2, 0) is 7.05 Å². The zero-order chi connectivity index (χ0) is 11.5. The van der Waals surface area contributed by atoms with Gasteiger partial charge in [0, 0.05) is 24.3 Å². The van der Waals surface area contributed by atoms with Crippen LogP contribution < -0.4 is 5.73 Å². The molecule has 0 saturated heterocycles. The Kier molecular flexibility index (Phi) is 2.91. The average Bonchev–Trinajstić information content (AvgIpc) is 2.65. The van der Waals surface area contributed by atoms with E-state index in [2.05, 4.69) is 10.1 Å². The average molecular weight is 233 g/mol. The van der Waals surface area contributed by atoms with Crippen molar-refractivity contribution in [2.45, 2.75) is 9.79 Å². The molecule has 0 aliphatic rings. The molecule has 0 aliphatic heterocycles. The number of aryl methyl sites for hydroxylation is 1. The molecule has 5 nitrogen and oxygen atoms in total. The van der Waals surface area contributed by atoms with Crippen molar-refractivity contribution in [2.24, 2.45) is 12.8 Å². The summed E-state index contributed by atoms with van der Waals surface area (Å²) < 4.78 is 1.75. The molecule has 3 N–H and O–H groups in total. The van der Waals surface area contributed by atoms with Gasteiger partial charge in [-0.25, -0.2) is 0 Å². The van der Waals surface area contributed by atoms with E-state index in [4.69, 9.17) is 11.1 Å². The van der Waals surface area contributed by atoms with Gasteiger partial charge in [-0.2, -0.15) is 5.10 Å². The Balaban J connectivity index is 2.14. The summed E-state index contributed by atoms with van der Waals surface area (Å²) >= 11 is 1.57. The van der Waals surface area contributed by atoms with Crippen molar-refractivity contribution in [1.82, 2.24) is 14.8 Å². The van der Waals surface area contributed by atoms with Crippen LogP contribution in [0.2, 0.25) is 0 Å². The van der Waals surface area contributed by atoms with Crippen molar-refractivity contribution >= 4 is 17.6 Å². The Hall–Kier alpha value is -1.82. The van der Waals surface area contributed by atoms with Gasteiger partial charge in [0.1, 0.15) is 11.5 Å². The highest BCUT2D eigenvalue weighted by molar-refractivity contribution is 7.99. The van der Waals surface area contributed by atoms with Crippen molar-refractivity contribution in [1.29, 1.82) is 5.41 Å². The Morgan fingerprint density at radius 3 is 2.69 bits per heavy atom. The Labute approximate surface area is 97.2 Å². The topological polar surface area (TPSA) is 80.6 Å². The SMILES string of the molecule is Cn1cc(Sc2ccc(C(=N)N)nc2)cn1. The molecule has 0 atom stereocenters. The summed E-state index contributed by atoms with van der Waals surface area (Å²) in [5.41, 5.74) is 5.82. The van der Waals surface area contributed by atoms with Gasteiger partial charge in [0.25, 0.3) is 0 Å². The summed E-state index contributed by atoms with van der Waals surface area (Å²) in [6.07, 6.45) is 5.43. The smallest absolute Gasteiger partial charge is 0.141 e. The normalized spacial score (nSPS) is 10.3. The lowest BCUT2D eigenvalue weighted by Gasteiger charge is -1.99. The van der Waals surface area contributed by atoms with Crippen LogP contribution in [0.15, 0.2) is 40.5 Å². The summed E-state index contributed by atoms with van der Waals surface area (Å²) in [6.45, 7) is 0. The zero-order valence-electron chi connectivity index (χ0n) is 8.71. The minimum absolute atomic E-state index is 0.0158. The second kappa shape index (κ2) is 4.36. The first-order chi connectivity index (χ1) is 7.65. The number of hydrogen-bond acceptors (Lipinski definition) is 4. The van der Waals surface area contributed by atoms with Crippen LogP contribution in [0.3, 0.4) is 0 Å². The molecular formula is C10H11N5S. The van der Waals surface area contributed by atoms with E-state index in [-0.39, 0.29) is 5.84 Å². The van der Waals surface area contributed by atoms with E-state index in [1.807, 2.05) is 19.3 Å². The van der Waals surface area contributed by atoms with Crippen molar-refractivity contribution < 1.29 is 0 Å². The number of aromatic nitrogens is 3. The molecule has 0 aromatic carbocycles. The predicted molar refractivity (Wildman–Crippen MR) is 62.6 cm³/mol. The van der Waals surface area contributed by atoms with E-state index in [1.165, 1.54) is 0 Å². The van der Waals surface area contributed by atoms with Crippen molar-refractivity contribution in [2.75, 3.05) is 0 Å². The fourth-order valence-electron chi connectivity index (χ4n) is 1.19. The van der Waals surface area contributed by atoms with Crippen molar-refractivity contribution in [3.05, 3.63) is 36.4 Å². The van der Waals surface area contributed by atoms with Gasteiger partial charge in [-0.1, -0.05) is 11.8 Å². The van der Waals surface area contributed by atoms with Gasteiger partial charge in [-0.15, -0.1) is 0 Å². The van der Waals surface area contributed by atoms with Gasteiger partial charge in [0.2, 0.25) is 0 Å². The minimum atomic E-state index is -0.0158. The predicted octanol–water partition coefficient (Wildman–Crippen LogP) is 1.25. The standard InChI is InChI=1S/C10H11N5S/c1-15-6-8(5-14-15)16-7-2-3-9(10(11)12)13-4-7/h2-6H,1H3,(H3,11,12). The molecule has 0 aliphatic carbocycles. The molecule has 0 unspecified atom stereocenters. The van der Waals surface area contributed by atoms with Crippen LogP contribution in [0.25, 0.3) is 0 Å². The van der Waals surface area contributed by atoms with Crippen LogP contribution in [-0.4, -0.2) is 20.6 Å². The number of rotatable bonds is 3. The molecular weight excluding hydrogens is 222 g/mol. The molecule has 6 heteroatoms. The molecule has 0 saturated carbocycles. The van der Waals surface area contributed by atoms with Crippen molar-refractivity contribution in [3.63, 3.8) is 0 Å². The van der Waals surface area contributed by atoms with E-state index in [0.717, 1.165) is 9.79 Å². The van der Waals surface area contributed by atoms with Gasteiger partial charge in [-0.3, -0.25) is 15.1 Å². The summed E-state index contributed by atoms with van der Waals surface area (Å²) in [6, 6.07) is 3.63. The quantitative estimate of drug-likeness (QED) is 0.617. The molecule has 0 spiro atoms. The third-order valence-electron chi connectivity index (χ3n) is 1.93. The lowest BCUT2D eigenvalue weighted by atomic mass is 10.3. The van der Waals surface area contributed by atoms with Gasteiger partial charge < -0.3 is 5.73 Å². The molecule has 0 radical (unpaired) electrons. The van der Waals surface area contributed by atoms with Crippen LogP contribution >= 0.6 is 11.8 Å². The summed E-state index contributed by atoms with van der Waals surface area (Å²) in [4.78, 5) is 6.14. The van der Waals surface area contributed by atoms with Crippen LogP contribution in [0.1, 0.15) is 5.69 Å². The molecule has 2 heterocycles. The van der Waals surface area contributed by atoms with Gasteiger partial charge in [0.15, 0.2) is 0 Å². The van der Waals surface area contributed by atoms with Gasteiger partial charge >= 0.3 is 0 Å². The molecule has 16 heavy (non-hydrogen) atoms. The van der Waals surface area contributed by atoms with Crippen molar-refractivity contribution in [3.8, 4) is 0 Å². The maximum Gasteiger partial charge on any atom is 0.141 e. The number of nitrogens with zero attached hydrogens (tertiary/aromatic N) is 3. The number of hydrogen-bond donors (Lipinski definition) is 2. The fraction of sp³-hybridized carbons (Fsp3) is 0.100. The number of nitrogens with two attached hydrogens (primary N) is 1. The summed E-state index contributed by atoms with van der Waals surface area (Å²) in [5.74, 6) is -0.0158. The second-order valence-electron chi connectivity index (χ2n) is 3.24. The highest BCUT2D eigenvalue weighted by Crippen LogP contribution is 2.26. The fourth-order valence-corrected chi connectivity index (χ4v) is 2.01. The number of amidine groups is 1. The Morgan fingerprint density at radius 1 is 1.38 bits per heavy atom. The van der Waals surface area contributed by atoms with Crippen LogP contribution in [0.4, 0.5) is 0 Å². The third-order valence-corrected chi connectivity index (χ3v) is 2.85. The molecule has 0 fully saturated rings. The molecule has 82 valence electrons. The first-order valence-electron chi connectivity index (χ1n) is 4.62. The molecule has 0 amide bonds. The van der Waals surface area contributed by atoms with E-state index in [0.29, 0.717) is 5.69 Å². The second-order valence-corrected chi connectivity index (χ2v) is 4.39. The largest absolute Gasteiger partial charge is 0.382 e. The van der Waals surface area contributed by atoms with Crippen LogP contribution in [0.5, 0.6) is 0 Å². The number of pyridine rings is 1. The monoisotopic (exact) mass is 233 g/mol. The lowest BCUT2D eigenvalue weighted by molar-refractivity contribution is 0.766. The highest BCUT2D eigenvalue weighted by Gasteiger charge is 2.02. The maximum absolute atomic E-state index is 7.23. The molecule has 2 aromatic rings. The maximum atomic E-state index is 7.23. The summed E-state index contributed by atoms with van der Waals surface area (Å²) in [5, 5.41) is 11.3. The third kappa shape index (κ3) is 2.40. The van der Waals surface area contributed by atoms with Gasteiger partial charge in [-0.05, 0) is 12.1 Å². The van der Waals surface area contributed by atoms with E-state index in [1.54, 1.807) is 34.9 Å². The van der Waals surface area contributed by atoms with Crippen LogP contribution in [0, 0.1) is 5.41 Å². The number of nitrogens with one attached hydrogen (secondary N) is 1. The molecule has 0 bridgehead atoms. The minimum Gasteiger partial charge on any atom is -0.382 e. The zero-order valence-corrected chi connectivity index (χ0v) is 9.53. The molecule has 2 aromatic heterocycles. The van der Waals surface area contributed by atoms with E-state index in [9.17, 15) is 0 Å².